The zero-order valence-corrected chi connectivity index (χ0v) is 9.11. The Morgan fingerprint density at radius 2 is 2.00 bits per heavy atom. The maximum atomic E-state index is 6.17. The molecular formula is C11H13ClS. The van der Waals surface area contributed by atoms with Gasteiger partial charge in [-0.25, -0.2) is 0 Å². The highest BCUT2D eigenvalue weighted by Gasteiger charge is 2.38. The lowest BCUT2D eigenvalue weighted by atomic mass is 9.66. The molecule has 0 spiro atoms. The second-order valence-corrected chi connectivity index (χ2v) is 4.50. The van der Waals surface area contributed by atoms with Gasteiger partial charge in [-0.15, -0.1) is 0 Å². The normalized spacial score (nSPS) is 19.5. The third kappa shape index (κ3) is 1.49. The molecule has 0 N–H and O–H groups in total. The van der Waals surface area contributed by atoms with Crippen LogP contribution in [0.25, 0.3) is 0 Å². The maximum Gasteiger partial charge on any atom is 0.0443 e. The van der Waals surface area contributed by atoms with Crippen LogP contribution in [0.1, 0.15) is 24.8 Å². The number of thiol groups is 1. The second kappa shape index (κ2) is 3.55. The number of halogens is 1. The van der Waals surface area contributed by atoms with Crippen molar-refractivity contribution in [3.05, 3.63) is 34.9 Å². The Kier molecular flexibility index (Phi) is 2.57. The molecule has 0 unspecified atom stereocenters. The molecule has 0 aliphatic heterocycles. The summed E-state index contributed by atoms with van der Waals surface area (Å²) >= 11 is 10.6. The summed E-state index contributed by atoms with van der Waals surface area (Å²) in [4.78, 5) is 0. The molecule has 1 fully saturated rings. The van der Waals surface area contributed by atoms with E-state index in [0.717, 1.165) is 10.8 Å². The van der Waals surface area contributed by atoms with Crippen LogP contribution in [0.15, 0.2) is 24.3 Å². The first kappa shape index (κ1) is 9.42. The number of benzene rings is 1. The maximum absolute atomic E-state index is 6.17. The SMILES string of the molecule is SCC1(c2ccccc2Cl)CCC1. The molecule has 0 aromatic heterocycles. The van der Waals surface area contributed by atoms with Crippen molar-refractivity contribution < 1.29 is 0 Å². The Balaban J connectivity index is 2.38. The van der Waals surface area contributed by atoms with Gasteiger partial charge in [0.1, 0.15) is 0 Å². The van der Waals surface area contributed by atoms with Gasteiger partial charge in [0.15, 0.2) is 0 Å². The Morgan fingerprint density at radius 1 is 1.31 bits per heavy atom. The van der Waals surface area contributed by atoms with Gasteiger partial charge in [0.05, 0.1) is 0 Å². The first-order valence-electron chi connectivity index (χ1n) is 4.64. The minimum absolute atomic E-state index is 0.279. The van der Waals surface area contributed by atoms with Crippen LogP contribution >= 0.6 is 24.2 Å². The molecular weight excluding hydrogens is 200 g/mol. The first-order valence-corrected chi connectivity index (χ1v) is 5.65. The van der Waals surface area contributed by atoms with E-state index >= 15 is 0 Å². The predicted octanol–water partition coefficient (Wildman–Crippen LogP) is 3.69. The van der Waals surface area contributed by atoms with Crippen LogP contribution in [-0.4, -0.2) is 5.75 Å². The van der Waals surface area contributed by atoms with Gasteiger partial charge in [0, 0.05) is 16.2 Å². The summed E-state index contributed by atoms with van der Waals surface area (Å²) < 4.78 is 0. The Bertz CT molecular complexity index is 299. The molecule has 70 valence electrons. The topological polar surface area (TPSA) is 0 Å². The van der Waals surface area contributed by atoms with Crippen molar-refractivity contribution in [2.45, 2.75) is 24.7 Å². The second-order valence-electron chi connectivity index (χ2n) is 3.77. The minimum Gasteiger partial charge on any atom is -0.178 e. The van der Waals surface area contributed by atoms with Gasteiger partial charge in [0.2, 0.25) is 0 Å². The molecule has 0 heterocycles. The van der Waals surface area contributed by atoms with Gasteiger partial charge >= 0.3 is 0 Å². The summed E-state index contributed by atoms with van der Waals surface area (Å²) in [6.45, 7) is 0. The molecule has 0 atom stereocenters. The molecule has 0 nitrogen and oxygen atoms in total. The lowest BCUT2D eigenvalue weighted by Crippen LogP contribution is -2.36. The molecule has 1 aliphatic rings. The number of hydrogen-bond acceptors (Lipinski definition) is 1. The van der Waals surface area contributed by atoms with E-state index in [1.165, 1.54) is 24.8 Å². The van der Waals surface area contributed by atoms with Crippen molar-refractivity contribution in [1.82, 2.24) is 0 Å². The van der Waals surface area contributed by atoms with Gasteiger partial charge in [-0.3, -0.25) is 0 Å². The van der Waals surface area contributed by atoms with E-state index in [-0.39, 0.29) is 5.41 Å². The monoisotopic (exact) mass is 212 g/mol. The van der Waals surface area contributed by atoms with Crippen LogP contribution in [0.5, 0.6) is 0 Å². The summed E-state index contributed by atoms with van der Waals surface area (Å²) in [6, 6.07) is 8.15. The molecule has 1 saturated carbocycles. The van der Waals surface area contributed by atoms with Crippen LogP contribution in [-0.2, 0) is 5.41 Å². The zero-order chi connectivity index (χ0) is 9.31. The van der Waals surface area contributed by atoms with E-state index in [2.05, 4.69) is 24.8 Å². The lowest BCUT2D eigenvalue weighted by Gasteiger charge is -2.41. The van der Waals surface area contributed by atoms with Crippen molar-refractivity contribution in [3.63, 3.8) is 0 Å². The highest BCUT2D eigenvalue weighted by Crippen LogP contribution is 2.46. The van der Waals surface area contributed by atoms with Gasteiger partial charge in [-0.2, -0.15) is 12.6 Å². The van der Waals surface area contributed by atoms with Gasteiger partial charge in [-0.1, -0.05) is 36.2 Å². The molecule has 1 aliphatic carbocycles. The van der Waals surface area contributed by atoms with E-state index in [4.69, 9.17) is 11.6 Å². The third-order valence-corrected chi connectivity index (χ3v) is 3.99. The van der Waals surface area contributed by atoms with E-state index < -0.39 is 0 Å². The quantitative estimate of drug-likeness (QED) is 0.711. The fourth-order valence-corrected chi connectivity index (χ4v) is 2.83. The largest absolute Gasteiger partial charge is 0.178 e. The van der Waals surface area contributed by atoms with Crippen molar-refractivity contribution >= 4 is 24.2 Å². The molecule has 0 bridgehead atoms. The van der Waals surface area contributed by atoms with E-state index in [0.29, 0.717) is 0 Å². The third-order valence-electron chi connectivity index (χ3n) is 3.06. The Hall–Kier alpha value is -0.140. The van der Waals surface area contributed by atoms with Crippen molar-refractivity contribution in [2.75, 3.05) is 5.75 Å². The Morgan fingerprint density at radius 3 is 2.46 bits per heavy atom. The number of rotatable bonds is 2. The molecule has 1 aromatic carbocycles. The predicted molar refractivity (Wildman–Crippen MR) is 60.8 cm³/mol. The average molecular weight is 213 g/mol. The first-order chi connectivity index (χ1) is 6.28. The van der Waals surface area contributed by atoms with Crippen molar-refractivity contribution in [1.29, 1.82) is 0 Å². The van der Waals surface area contributed by atoms with Gasteiger partial charge in [0.25, 0.3) is 0 Å². The van der Waals surface area contributed by atoms with E-state index in [1.807, 2.05) is 12.1 Å². The number of hydrogen-bond donors (Lipinski definition) is 1. The van der Waals surface area contributed by atoms with Crippen LogP contribution in [0.4, 0.5) is 0 Å². The highest BCUT2D eigenvalue weighted by atomic mass is 35.5. The lowest BCUT2D eigenvalue weighted by molar-refractivity contribution is 0.279. The summed E-state index contributed by atoms with van der Waals surface area (Å²) in [7, 11) is 0. The fourth-order valence-electron chi connectivity index (χ4n) is 2.01. The molecule has 13 heavy (non-hydrogen) atoms. The summed E-state index contributed by atoms with van der Waals surface area (Å²) in [6.07, 6.45) is 3.78. The van der Waals surface area contributed by atoms with E-state index in [9.17, 15) is 0 Å². The van der Waals surface area contributed by atoms with Crippen LogP contribution in [0.2, 0.25) is 5.02 Å². The Labute approximate surface area is 89.7 Å². The standard InChI is InChI=1S/C11H13ClS/c12-10-5-2-1-4-9(10)11(8-13)6-3-7-11/h1-2,4-5,13H,3,6-8H2. The van der Waals surface area contributed by atoms with Crippen LogP contribution in [0.3, 0.4) is 0 Å². The highest BCUT2D eigenvalue weighted by molar-refractivity contribution is 7.80. The molecule has 0 radical (unpaired) electrons. The fraction of sp³-hybridized carbons (Fsp3) is 0.455. The zero-order valence-electron chi connectivity index (χ0n) is 7.46. The average Bonchev–Trinajstić information content (AvgIpc) is 2.07. The van der Waals surface area contributed by atoms with Gasteiger partial charge < -0.3 is 0 Å². The van der Waals surface area contributed by atoms with Crippen LogP contribution in [0, 0.1) is 0 Å². The van der Waals surface area contributed by atoms with Gasteiger partial charge in [-0.05, 0) is 24.5 Å². The molecule has 1 aromatic rings. The molecule has 2 rings (SSSR count). The van der Waals surface area contributed by atoms with Crippen molar-refractivity contribution in [2.24, 2.45) is 0 Å². The van der Waals surface area contributed by atoms with E-state index in [1.54, 1.807) is 0 Å². The van der Waals surface area contributed by atoms with Crippen LogP contribution < -0.4 is 0 Å². The summed E-state index contributed by atoms with van der Waals surface area (Å²) in [5.41, 5.74) is 1.57. The summed E-state index contributed by atoms with van der Waals surface area (Å²) in [5, 5.41) is 0.899. The molecule has 2 heteroatoms. The summed E-state index contributed by atoms with van der Waals surface area (Å²) in [5.74, 6) is 0.913. The molecule has 0 saturated heterocycles. The van der Waals surface area contributed by atoms with Crippen molar-refractivity contribution in [3.8, 4) is 0 Å². The molecule has 0 amide bonds. The minimum atomic E-state index is 0.279. The smallest absolute Gasteiger partial charge is 0.0443 e.